The maximum atomic E-state index is 13.0. The summed E-state index contributed by atoms with van der Waals surface area (Å²) in [6.45, 7) is 3.42. The molecule has 7 heteroatoms. The highest BCUT2D eigenvalue weighted by molar-refractivity contribution is 5.99. The second-order valence-corrected chi connectivity index (χ2v) is 7.90. The maximum absolute atomic E-state index is 13.0. The Kier molecular flexibility index (Phi) is 5.35. The van der Waals surface area contributed by atoms with Crippen LogP contribution in [0.4, 0.5) is 0 Å². The summed E-state index contributed by atoms with van der Waals surface area (Å²) in [4.78, 5) is 41.1. The van der Waals surface area contributed by atoms with Gasteiger partial charge in [-0.3, -0.25) is 14.4 Å². The summed E-state index contributed by atoms with van der Waals surface area (Å²) in [6.07, 6.45) is 3.09. The maximum Gasteiger partial charge on any atom is 0.254 e. The Morgan fingerprint density at radius 2 is 1.96 bits per heavy atom. The van der Waals surface area contributed by atoms with Crippen LogP contribution >= 0.6 is 0 Å². The molecule has 3 aliphatic heterocycles. The van der Waals surface area contributed by atoms with Crippen molar-refractivity contribution in [2.75, 3.05) is 32.8 Å². The van der Waals surface area contributed by atoms with E-state index in [0.717, 1.165) is 24.1 Å². The molecule has 7 nitrogen and oxygen atoms in total. The molecular formula is C21H27N3O4. The lowest BCUT2D eigenvalue weighted by Gasteiger charge is -2.44. The van der Waals surface area contributed by atoms with Gasteiger partial charge in [-0.15, -0.1) is 0 Å². The smallest absolute Gasteiger partial charge is 0.254 e. The van der Waals surface area contributed by atoms with Crippen molar-refractivity contribution in [3.8, 4) is 0 Å². The number of rotatable bonds is 6. The van der Waals surface area contributed by atoms with Gasteiger partial charge in [0.15, 0.2) is 0 Å². The minimum Gasteiger partial charge on any atom is -0.381 e. The summed E-state index contributed by atoms with van der Waals surface area (Å²) in [5.41, 5.74) is 1.25. The summed E-state index contributed by atoms with van der Waals surface area (Å²) >= 11 is 0. The minimum absolute atomic E-state index is 0.00737. The number of carbonyl (C=O) groups excluding carboxylic acids is 3. The highest BCUT2D eigenvalue weighted by Crippen LogP contribution is 2.37. The zero-order valence-corrected chi connectivity index (χ0v) is 16.1. The molecule has 2 fully saturated rings. The predicted molar refractivity (Wildman–Crippen MR) is 103 cm³/mol. The van der Waals surface area contributed by atoms with Crippen LogP contribution in [0.3, 0.4) is 0 Å². The van der Waals surface area contributed by atoms with Crippen LogP contribution in [0.25, 0.3) is 0 Å². The number of ether oxygens (including phenoxy) is 1. The second kappa shape index (κ2) is 7.91. The lowest BCUT2D eigenvalue weighted by Crippen LogP contribution is -2.54. The Bertz CT molecular complexity index is 773. The molecule has 0 spiro atoms. The summed E-state index contributed by atoms with van der Waals surface area (Å²) in [6, 6.07) is 7.66. The molecule has 3 heterocycles. The number of nitrogens with zero attached hydrogens (tertiary/aromatic N) is 2. The first-order valence-electron chi connectivity index (χ1n) is 10.1. The van der Waals surface area contributed by atoms with E-state index < -0.39 is 5.54 Å². The van der Waals surface area contributed by atoms with E-state index in [1.165, 1.54) is 0 Å². The van der Waals surface area contributed by atoms with Crippen molar-refractivity contribution in [1.29, 1.82) is 0 Å². The summed E-state index contributed by atoms with van der Waals surface area (Å²) in [5.74, 6) is 0.0980. The van der Waals surface area contributed by atoms with Crippen molar-refractivity contribution in [2.24, 2.45) is 0 Å². The second-order valence-electron chi connectivity index (χ2n) is 7.90. The van der Waals surface area contributed by atoms with E-state index in [0.29, 0.717) is 52.1 Å². The normalized spacial score (nSPS) is 21.1. The van der Waals surface area contributed by atoms with E-state index in [-0.39, 0.29) is 24.1 Å². The van der Waals surface area contributed by atoms with Crippen LogP contribution in [-0.4, -0.2) is 65.9 Å². The quantitative estimate of drug-likeness (QED) is 0.801. The fraction of sp³-hybridized carbons (Fsp3) is 0.571. The van der Waals surface area contributed by atoms with Crippen LogP contribution in [0.1, 0.15) is 48.0 Å². The van der Waals surface area contributed by atoms with E-state index in [4.69, 9.17) is 4.74 Å². The highest BCUT2D eigenvalue weighted by atomic mass is 16.5. The van der Waals surface area contributed by atoms with Gasteiger partial charge in [-0.05, 0) is 30.9 Å². The number of carbonyl (C=O) groups is 3. The monoisotopic (exact) mass is 385 g/mol. The SMILES string of the molecule is O=C(CC1(N2Cc3ccccc3C2=O)CCOCC1)NCCN1CCCC1=O. The van der Waals surface area contributed by atoms with Crippen LogP contribution in [0.2, 0.25) is 0 Å². The van der Waals surface area contributed by atoms with Crippen molar-refractivity contribution in [1.82, 2.24) is 15.1 Å². The van der Waals surface area contributed by atoms with Crippen molar-refractivity contribution in [2.45, 2.75) is 44.2 Å². The number of amides is 3. The summed E-state index contributed by atoms with van der Waals surface area (Å²) < 4.78 is 5.52. The van der Waals surface area contributed by atoms with Gasteiger partial charge in [0, 0.05) is 51.4 Å². The topological polar surface area (TPSA) is 79.0 Å². The van der Waals surface area contributed by atoms with Crippen molar-refractivity contribution >= 4 is 17.7 Å². The Hall–Kier alpha value is -2.41. The Morgan fingerprint density at radius 3 is 2.68 bits per heavy atom. The number of likely N-dealkylation sites (tertiary alicyclic amines) is 1. The van der Waals surface area contributed by atoms with Crippen LogP contribution in [-0.2, 0) is 20.9 Å². The van der Waals surface area contributed by atoms with Crippen LogP contribution in [0, 0.1) is 0 Å². The fourth-order valence-corrected chi connectivity index (χ4v) is 4.56. The average Bonchev–Trinajstić information content (AvgIpc) is 3.26. The molecule has 28 heavy (non-hydrogen) atoms. The zero-order chi connectivity index (χ0) is 19.6. The van der Waals surface area contributed by atoms with Crippen molar-refractivity contribution in [3.63, 3.8) is 0 Å². The van der Waals surface area contributed by atoms with E-state index in [2.05, 4.69) is 5.32 Å². The van der Waals surface area contributed by atoms with E-state index in [9.17, 15) is 14.4 Å². The molecular weight excluding hydrogens is 358 g/mol. The molecule has 0 unspecified atom stereocenters. The predicted octanol–water partition coefficient (Wildman–Crippen LogP) is 1.32. The molecule has 0 aliphatic carbocycles. The standard InChI is InChI=1S/C21H27N3O4/c25-18(22-9-11-23-10-3-6-19(23)26)14-21(7-12-28-13-8-21)24-15-16-4-1-2-5-17(16)20(24)27/h1-2,4-5H,3,6-15H2,(H,22,25). The fourth-order valence-electron chi connectivity index (χ4n) is 4.56. The molecule has 2 saturated heterocycles. The zero-order valence-electron chi connectivity index (χ0n) is 16.1. The molecule has 1 N–H and O–H groups in total. The molecule has 0 saturated carbocycles. The van der Waals surface area contributed by atoms with Gasteiger partial charge in [-0.25, -0.2) is 0 Å². The molecule has 1 aromatic rings. The molecule has 0 atom stereocenters. The van der Waals surface area contributed by atoms with Gasteiger partial charge in [-0.2, -0.15) is 0 Å². The molecule has 0 bridgehead atoms. The molecule has 150 valence electrons. The molecule has 3 aliphatic rings. The van der Waals surface area contributed by atoms with Gasteiger partial charge in [0.25, 0.3) is 5.91 Å². The van der Waals surface area contributed by atoms with Crippen molar-refractivity contribution < 1.29 is 19.1 Å². The van der Waals surface area contributed by atoms with Crippen LogP contribution < -0.4 is 5.32 Å². The largest absolute Gasteiger partial charge is 0.381 e. The van der Waals surface area contributed by atoms with Gasteiger partial charge in [0.05, 0.1) is 12.0 Å². The third-order valence-electron chi connectivity index (χ3n) is 6.18. The van der Waals surface area contributed by atoms with Gasteiger partial charge >= 0.3 is 0 Å². The number of hydrogen-bond acceptors (Lipinski definition) is 4. The molecule has 1 aromatic carbocycles. The molecule has 3 amide bonds. The van der Waals surface area contributed by atoms with Crippen LogP contribution in [0.5, 0.6) is 0 Å². The first-order valence-corrected chi connectivity index (χ1v) is 10.1. The molecule has 0 aromatic heterocycles. The van der Waals surface area contributed by atoms with Gasteiger partial charge in [0.2, 0.25) is 11.8 Å². The lowest BCUT2D eigenvalue weighted by molar-refractivity contribution is -0.129. The van der Waals surface area contributed by atoms with Gasteiger partial charge in [-0.1, -0.05) is 18.2 Å². The summed E-state index contributed by atoms with van der Waals surface area (Å²) in [7, 11) is 0. The Labute approximate surface area is 165 Å². The number of hydrogen-bond donors (Lipinski definition) is 1. The molecule has 0 radical (unpaired) electrons. The van der Waals surface area contributed by atoms with E-state index in [1.807, 2.05) is 29.2 Å². The Morgan fingerprint density at radius 1 is 1.18 bits per heavy atom. The van der Waals surface area contributed by atoms with E-state index >= 15 is 0 Å². The third kappa shape index (κ3) is 3.63. The minimum atomic E-state index is -0.512. The average molecular weight is 385 g/mol. The summed E-state index contributed by atoms with van der Waals surface area (Å²) in [5, 5.41) is 2.95. The molecule has 4 rings (SSSR count). The third-order valence-corrected chi connectivity index (χ3v) is 6.18. The van der Waals surface area contributed by atoms with E-state index in [1.54, 1.807) is 4.90 Å². The van der Waals surface area contributed by atoms with Crippen LogP contribution in [0.15, 0.2) is 24.3 Å². The van der Waals surface area contributed by atoms with Gasteiger partial charge < -0.3 is 19.9 Å². The van der Waals surface area contributed by atoms with Gasteiger partial charge in [0.1, 0.15) is 0 Å². The number of benzene rings is 1. The van der Waals surface area contributed by atoms with Crippen molar-refractivity contribution in [3.05, 3.63) is 35.4 Å². The number of nitrogens with one attached hydrogen (secondary N) is 1. The highest BCUT2D eigenvalue weighted by Gasteiger charge is 2.46. The number of fused-ring (bicyclic) bond motifs is 1. The Balaban J connectivity index is 1.41. The lowest BCUT2D eigenvalue weighted by atomic mass is 9.84. The first-order chi connectivity index (χ1) is 13.6. The first kappa shape index (κ1) is 18.9.